The number of rotatable bonds is 6. The van der Waals surface area contributed by atoms with Gasteiger partial charge < -0.3 is 19.8 Å². The second kappa shape index (κ2) is 7.29. The number of ether oxygens (including phenoxy) is 2. The molecular formula is C15H17ClN2O4. The number of nitrogens with one attached hydrogen (secondary N) is 2. The molecule has 2 N–H and O–H groups in total. The molecule has 6 nitrogen and oxygen atoms in total. The third-order valence-electron chi connectivity index (χ3n) is 3.19. The Labute approximate surface area is 132 Å². The first kappa shape index (κ1) is 16.3. The number of fused-ring (bicyclic) bond motifs is 1. The number of aromatic amines is 1. The van der Waals surface area contributed by atoms with Crippen molar-refractivity contribution in [2.45, 2.75) is 6.42 Å². The van der Waals surface area contributed by atoms with Crippen LogP contribution in [0.25, 0.3) is 10.9 Å². The van der Waals surface area contributed by atoms with E-state index in [2.05, 4.69) is 10.3 Å². The number of benzene rings is 1. The molecule has 1 heterocycles. The zero-order valence-electron chi connectivity index (χ0n) is 12.4. The molecular weight excluding hydrogens is 308 g/mol. The van der Waals surface area contributed by atoms with Crippen LogP contribution in [-0.2, 0) is 9.47 Å². The molecule has 0 unspecified atom stereocenters. The van der Waals surface area contributed by atoms with E-state index in [1.54, 1.807) is 25.3 Å². The van der Waals surface area contributed by atoms with Crippen molar-refractivity contribution in [3.8, 4) is 0 Å². The topological polar surface area (TPSA) is 80.4 Å². The molecule has 0 saturated carbocycles. The third-order valence-corrected chi connectivity index (χ3v) is 3.43. The van der Waals surface area contributed by atoms with Crippen LogP contribution < -0.4 is 10.9 Å². The number of esters is 1. The molecule has 2 rings (SSSR count). The fourth-order valence-corrected chi connectivity index (χ4v) is 2.35. The number of pyridine rings is 1. The Balaban J connectivity index is 2.56. The van der Waals surface area contributed by atoms with Crippen molar-refractivity contribution in [1.82, 2.24) is 4.98 Å². The van der Waals surface area contributed by atoms with Crippen molar-refractivity contribution in [3.05, 3.63) is 39.1 Å². The molecule has 1 aromatic carbocycles. The summed E-state index contributed by atoms with van der Waals surface area (Å²) in [5.74, 6) is -0.697. The highest BCUT2D eigenvalue weighted by Crippen LogP contribution is 2.27. The first-order valence-electron chi connectivity index (χ1n) is 6.75. The molecule has 0 bridgehead atoms. The normalized spacial score (nSPS) is 10.7. The number of hydrogen-bond donors (Lipinski definition) is 2. The lowest BCUT2D eigenvalue weighted by Crippen LogP contribution is -2.22. The first-order valence-corrected chi connectivity index (χ1v) is 7.13. The Morgan fingerprint density at radius 2 is 2.14 bits per heavy atom. The average molecular weight is 325 g/mol. The van der Waals surface area contributed by atoms with Crippen molar-refractivity contribution < 1.29 is 14.3 Å². The lowest BCUT2D eigenvalue weighted by molar-refractivity contribution is 0.0600. The van der Waals surface area contributed by atoms with E-state index >= 15 is 0 Å². The number of halogens is 1. The maximum absolute atomic E-state index is 12.2. The number of carbonyl (C=O) groups is 1. The summed E-state index contributed by atoms with van der Waals surface area (Å²) < 4.78 is 9.70. The van der Waals surface area contributed by atoms with Crippen molar-refractivity contribution in [2.24, 2.45) is 0 Å². The Morgan fingerprint density at radius 3 is 2.82 bits per heavy atom. The lowest BCUT2D eigenvalue weighted by atomic mass is 10.1. The summed E-state index contributed by atoms with van der Waals surface area (Å²) in [6, 6.07) is 5.06. The summed E-state index contributed by atoms with van der Waals surface area (Å²) in [6.07, 6.45) is 0.728. The second-order valence-electron chi connectivity index (χ2n) is 4.66. The second-order valence-corrected chi connectivity index (χ2v) is 5.10. The van der Waals surface area contributed by atoms with Crippen LogP contribution in [0.2, 0.25) is 5.02 Å². The van der Waals surface area contributed by atoms with E-state index in [0.717, 1.165) is 6.42 Å². The Bertz CT molecular complexity index is 742. The molecule has 0 fully saturated rings. The SMILES string of the molecule is COCCCNc1c(C(=O)OC)c(=O)[nH]c2ccc(Cl)cc12. The standard InChI is InChI=1S/C15H17ClN2O4/c1-21-7-3-6-17-13-10-8-9(16)4-5-11(10)18-14(19)12(13)15(20)22-2/h4-5,8H,3,6-7H2,1-2H3,(H2,17,18,19). The van der Waals surface area contributed by atoms with Crippen LogP contribution in [-0.4, -0.2) is 38.3 Å². The molecule has 0 atom stereocenters. The number of carbonyl (C=O) groups excluding carboxylic acids is 1. The molecule has 0 saturated heterocycles. The van der Waals surface area contributed by atoms with Gasteiger partial charge >= 0.3 is 5.97 Å². The summed E-state index contributed by atoms with van der Waals surface area (Å²) in [5, 5.41) is 4.28. The van der Waals surface area contributed by atoms with Gasteiger partial charge in [-0.25, -0.2) is 4.79 Å². The molecule has 2 aromatic rings. The maximum atomic E-state index is 12.2. The fourth-order valence-electron chi connectivity index (χ4n) is 2.18. The van der Waals surface area contributed by atoms with Crippen molar-refractivity contribution in [2.75, 3.05) is 32.7 Å². The Hall–Kier alpha value is -2.05. The minimum absolute atomic E-state index is 0.0605. The molecule has 118 valence electrons. The number of anilines is 1. The Kier molecular flexibility index (Phi) is 5.41. The number of hydrogen-bond acceptors (Lipinski definition) is 5. The van der Waals surface area contributed by atoms with Gasteiger partial charge in [-0.1, -0.05) is 11.6 Å². The van der Waals surface area contributed by atoms with E-state index in [9.17, 15) is 9.59 Å². The summed E-state index contributed by atoms with van der Waals surface area (Å²) in [5.41, 5.74) is 0.450. The number of aromatic nitrogens is 1. The molecule has 7 heteroatoms. The van der Waals surface area contributed by atoms with Crippen molar-refractivity contribution >= 4 is 34.2 Å². The van der Waals surface area contributed by atoms with Gasteiger partial charge in [-0.2, -0.15) is 0 Å². The van der Waals surface area contributed by atoms with E-state index in [1.165, 1.54) is 7.11 Å². The van der Waals surface area contributed by atoms with Crippen LogP contribution in [0.15, 0.2) is 23.0 Å². The van der Waals surface area contributed by atoms with Gasteiger partial charge in [-0.15, -0.1) is 0 Å². The lowest BCUT2D eigenvalue weighted by Gasteiger charge is -2.13. The van der Waals surface area contributed by atoms with Gasteiger partial charge in [0.15, 0.2) is 0 Å². The van der Waals surface area contributed by atoms with Gasteiger partial charge in [0.2, 0.25) is 0 Å². The van der Waals surface area contributed by atoms with E-state index in [-0.39, 0.29) is 5.56 Å². The summed E-state index contributed by atoms with van der Waals surface area (Å²) in [6.45, 7) is 1.12. The minimum Gasteiger partial charge on any atom is -0.465 e. The van der Waals surface area contributed by atoms with Crippen LogP contribution in [0.4, 0.5) is 5.69 Å². The van der Waals surface area contributed by atoms with E-state index < -0.39 is 11.5 Å². The highest BCUT2D eigenvalue weighted by Gasteiger charge is 2.20. The quantitative estimate of drug-likeness (QED) is 0.630. The highest BCUT2D eigenvalue weighted by atomic mass is 35.5. The smallest absolute Gasteiger partial charge is 0.345 e. The monoisotopic (exact) mass is 324 g/mol. The molecule has 1 aromatic heterocycles. The molecule has 0 amide bonds. The van der Waals surface area contributed by atoms with Crippen LogP contribution in [0, 0.1) is 0 Å². The molecule has 0 aliphatic heterocycles. The van der Waals surface area contributed by atoms with Gasteiger partial charge in [0.1, 0.15) is 5.56 Å². The molecule has 0 aliphatic carbocycles. The van der Waals surface area contributed by atoms with Crippen LogP contribution in [0.3, 0.4) is 0 Å². The van der Waals surface area contributed by atoms with Gasteiger partial charge in [0, 0.05) is 30.7 Å². The first-order chi connectivity index (χ1) is 10.6. The van der Waals surface area contributed by atoms with Crippen molar-refractivity contribution in [3.63, 3.8) is 0 Å². The third kappa shape index (κ3) is 3.40. The Morgan fingerprint density at radius 1 is 1.36 bits per heavy atom. The largest absolute Gasteiger partial charge is 0.465 e. The van der Waals surface area contributed by atoms with E-state index in [4.69, 9.17) is 21.1 Å². The van der Waals surface area contributed by atoms with Crippen LogP contribution >= 0.6 is 11.6 Å². The zero-order chi connectivity index (χ0) is 16.1. The summed E-state index contributed by atoms with van der Waals surface area (Å²) in [7, 11) is 2.85. The molecule has 22 heavy (non-hydrogen) atoms. The van der Waals surface area contributed by atoms with Gasteiger partial charge in [0.05, 0.1) is 18.3 Å². The van der Waals surface area contributed by atoms with Gasteiger partial charge in [0.25, 0.3) is 5.56 Å². The van der Waals surface area contributed by atoms with E-state index in [0.29, 0.717) is 34.8 Å². The number of H-pyrrole nitrogens is 1. The predicted molar refractivity (Wildman–Crippen MR) is 85.9 cm³/mol. The highest BCUT2D eigenvalue weighted by molar-refractivity contribution is 6.31. The van der Waals surface area contributed by atoms with Gasteiger partial charge in [-0.05, 0) is 24.6 Å². The summed E-state index contributed by atoms with van der Waals surface area (Å²) in [4.78, 5) is 26.8. The van der Waals surface area contributed by atoms with E-state index in [1.807, 2.05) is 0 Å². The maximum Gasteiger partial charge on any atom is 0.345 e. The summed E-state index contributed by atoms with van der Waals surface area (Å²) >= 11 is 6.02. The van der Waals surface area contributed by atoms with Gasteiger partial charge in [-0.3, -0.25) is 4.79 Å². The van der Waals surface area contributed by atoms with Crippen LogP contribution in [0.5, 0.6) is 0 Å². The number of methoxy groups -OCH3 is 2. The average Bonchev–Trinajstić information content (AvgIpc) is 2.51. The van der Waals surface area contributed by atoms with Crippen LogP contribution in [0.1, 0.15) is 16.8 Å². The van der Waals surface area contributed by atoms with Crippen molar-refractivity contribution in [1.29, 1.82) is 0 Å². The predicted octanol–water partition coefficient (Wildman–Crippen LogP) is 2.42. The minimum atomic E-state index is -0.697. The molecule has 0 spiro atoms. The molecule has 0 aliphatic rings. The fraction of sp³-hybridized carbons (Fsp3) is 0.333. The zero-order valence-corrected chi connectivity index (χ0v) is 13.1. The molecule has 0 radical (unpaired) electrons.